The van der Waals surface area contributed by atoms with Crippen LogP contribution in [-0.2, 0) is 32.6 Å². The van der Waals surface area contributed by atoms with E-state index in [1.165, 1.54) is 17.2 Å². The molecule has 2 aliphatic heterocycles. The van der Waals surface area contributed by atoms with Crippen molar-refractivity contribution in [3.8, 4) is 12.8 Å². The number of anilines is 1. The first-order chi connectivity index (χ1) is 19.7. The van der Waals surface area contributed by atoms with Crippen molar-refractivity contribution in [1.29, 1.82) is 0 Å². The zero-order chi connectivity index (χ0) is 29.6. The van der Waals surface area contributed by atoms with Gasteiger partial charge in [-0.25, -0.2) is 13.4 Å². The van der Waals surface area contributed by atoms with Gasteiger partial charge in [-0.2, -0.15) is 0 Å². The number of aromatic amines is 1. The number of fused-ring (bicyclic) bond motifs is 1. The molecule has 2 saturated carbocycles. The lowest BCUT2D eigenvalue weighted by Crippen LogP contribution is -2.55. The van der Waals surface area contributed by atoms with Crippen molar-refractivity contribution >= 4 is 27.8 Å². The van der Waals surface area contributed by atoms with E-state index in [9.17, 15) is 22.8 Å². The Morgan fingerprint density at radius 1 is 1.15 bits per heavy atom. The summed E-state index contributed by atoms with van der Waals surface area (Å²) in [5.74, 6) is -0.462. The molecule has 41 heavy (non-hydrogen) atoms. The van der Waals surface area contributed by atoms with Gasteiger partial charge >= 0.3 is 0 Å². The van der Waals surface area contributed by atoms with Gasteiger partial charge < -0.3 is 15.5 Å². The maximum absolute atomic E-state index is 12.4. The summed E-state index contributed by atoms with van der Waals surface area (Å²) in [5, 5.41) is 5.34. The summed E-state index contributed by atoms with van der Waals surface area (Å²) in [5.41, 5.74) is 1.44. The number of carbonyl (C=O) groups is 2. The largest absolute Gasteiger partial charge is 0.340 e. The van der Waals surface area contributed by atoms with Crippen LogP contribution in [0.5, 0.6) is 0 Å². The van der Waals surface area contributed by atoms with Crippen molar-refractivity contribution in [2.75, 3.05) is 18.0 Å². The lowest BCUT2D eigenvalue weighted by molar-refractivity contribution is -0.130. The lowest BCUT2D eigenvalue weighted by Gasteiger charge is -2.28. The minimum absolute atomic E-state index is 0.103. The van der Waals surface area contributed by atoms with Crippen LogP contribution >= 0.6 is 0 Å². The SMILES string of the molecule is C#C.C=CC1CC1(NC(=O)[C@@H]1CCCN1)C(=O)NS(=O)(=O)C1CC1.O=c1ccnc(N2CCc3ccccc3C2)[nH]1. The molecule has 12 heteroatoms. The molecule has 0 spiro atoms. The molecule has 11 nitrogen and oxygen atoms in total. The van der Waals surface area contributed by atoms with E-state index < -0.39 is 26.7 Å². The summed E-state index contributed by atoms with van der Waals surface area (Å²) in [6.45, 7) is 6.13. The zero-order valence-corrected chi connectivity index (χ0v) is 23.7. The van der Waals surface area contributed by atoms with E-state index >= 15 is 0 Å². The van der Waals surface area contributed by atoms with Crippen molar-refractivity contribution in [3.63, 3.8) is 0 Å². The van der Waals surface area contributed by atoms with E-state index in [1.807, 2.05) is 6.07 Å². The maximum atomic E-state index is 12.4. The molecular weight excluding hydrogens is 544 g/mol. The van der Waals surface area contributed by atoms with E-state index in [0.717, 1.165) is 38.9 Å². The molecule has 1 aromatic carbocycles. The van der Waals surface area contributed by atoms with Crippen molar-refractivity contribution in [3.05, 3.63) is 70.7 Å². The molecule has 1 saturated heterocycles. The Bertz CT molecular complexity index is 1460. The highest BCUT2D eigenvalue weighted by Crippen LogP contribution is 2.45. The fourth-order valence-electron chi connectivity index (χ4n) is 5.13. The molecule has 2 aromatic rings. The number of rotatable bonds is 7. The van der Waals surface area contributed by atoms with Crippen LogP contribution in [0.25, 0.3) is 0 Å². The average molecular weight is 581 g/mol. The van der Waals surface area contributed by atoms with Crippen molar-refractivity contribution in [2.24, 2.45) is 5.92 Å². The van der Waals surface area contributed by atoms with Crippen LogP contribution in [0.4, 0.5) is 5.95 Å². The highest BCUT2D eigenvalue weighted by Gasteiger charge is 2.61. The van der Waals surface area contributed by atoms with Gasteiger partial charge in [-0.3, -0.25) is 24.1 Å². The van der Waals surface area contributed by atoms with Crippen molar-refractivity contribution in [2.45, 2.75) is 61.9 Å². The first-order valence-corrected chi connectivity index (χ1v) is 15.2. The monoisotopic (exact) mass is 580 g/mol. The number of amides is 2. The Hall–Kier alpha value is -3.95. The van der Waals surface area contributed by atoms with Crippen molar-refractivity contribution in [1.82, 2.24) is 25.3 Å². The number of sulfonamides is 1. The van der Waals surface area contributed by atoms with Gasteiger partial charge in [0.1, 0.15) is 5.54 Å². The Balaban J connectivity index is 0.000000183. The molecular formula is C29H36N6O5S. The topological polar surface area (TPSA) is 153 Å². The van der Waals surface area contributed by atoms with Crippen LogP contribution in [0, 0.1) is 18.8 Å². The number of aromatic nitrogens is 2. The van der Waals surface area contributed by atoms with E-state index in [1.54, 1.807) is 12.3 Å². The highest BCUT2D eigenvalue weighted by atomic mass is 32.2. The number of terminal acetylenes is 1. The fraction of sp³-hybridized carbons (Fsp3) is 0.448. The molecule has 0 bridgehead atoms. The Labute approximate surface area is 240 Å². The van der Waals surface area contributed by atoms with Crippen LogP contribution in [0.2, 0.25) is 0 Å². The molecule has 3 heterocycles. The molecule has 0 radical (unpaired) electrons. The summed E-state index contributed by atoms with van der Waals surface area (Å²) in [6, 6.07) is 9.52. The van der Waals surface area contributed by atoms with Gasteiger partial charge in [0.05, 0.1) is 11.3 Å². The standard InChI is InChI=1S/C14H21N3O4S.C13H13N3O.C2H2/c1-2-9-8-14(9,16-12(18)11-4-3-7-15-11)13(19)17-22(20,21)10-5-6-10;17-12-5-7-14-13(15-12)16-8-6-10-3-1-2-4-11(10)9-16;1-2/h2,9-11,15H,1,3-8H2,(H,16,18)(H,17,19);1-5,7H,6,8-9H2,(H,14,15,17);1-2H/t9?,11-,14?;;/m0../s1. The molecule has 6 rings (SSSR count). The summed E-state index contributed by atoms with van der Waals surface area (Å²) >= 11 is 0. The molecule has 2 aliphatic carbocycles. The van der Waals surface area contributed by atoms with E-state index in [-0.39, 0.29) is 23.4 Å². The third-order valence-electron chi connectivity index (χ3n) is 7.71. The Morgan fingerprint density at radius 3 is 2.49 bits per heavy atom. The minimum atomic E-state index is -3.62. The van der Waals surface area contributed by atoms with E-state index in [0.29, 0.717) is 25.2 Å². The zero-order valence-electron chi connectivity index (χ0n) is 22.8. The lowest BCUT2D eigenvalue weighted by atomic mass is 10.0. The van der Waals surface area contributed by atoms with Crippen LogP contribution in [-0.4, -0.2) is 60.1 Å². The second-order valence-corrected chi connectivity index (χ2v) is 12.5. The van der Waals surface area contributed by atoms with Gasteiger partial charge in [-0.15, -0.1) is 19.4 Å². The van der Waals surface area contributed by atoms with Gasteiger partial charge in [-0.05, 0) is 56.2 Å². The molecule has 2 unspecified atom stereocenters. The number of hydrogen-bond acceptors (Lipinski definition) is 8. The molecule has 1 aromatic heterocycles. The number of carbonyl (C=O) groups excluding carboxylic acids is 2. The van der Waals surface area contributed by atoms with Crippen LogP contribution in [0.1, 0.15) is 43.2 Å². The van der Waals surface area contributed by atoms with Crippen LogP contribution in [0.3, 0.4) is 0 Å². The average Bonchev–Trinajstić information content (AvgIpc) is 3.90. The Kier molecular flexibility index (Phi) is 9.30. The van der Waals surface area contributed by atoms with Gasteiger partial charge in [0.15, 0.2) is 0 Å². The van der Waals surface area contributed by atoms with Gasteiger partial charge in [0.25, 0.3) is 11.5 Å². The van der Waals surface area contributed by atoms with Gasteiger partial charge in [0.2, 0.25) is 21.9 Å². The smallest absolute Gasteiger partial charge is 0.259 e. The quantitative estimate of drug-likeness (QED) is 0.279. The van der Waals surface area contributed by atoms with Gasteiger partial charge in [0, 0.05) is 31.3 Å². The predicted octanol–water partition coefficient (Wildman–Crippen LogP) is 0.990. The first kappa shape index (κ1) is 30.0. The van der Waals surface area contributed by atoms with E-state index in [4.69, 9.17) is 0 Å². The second kappa shape index (κ2) is 12.7. The third kappa shape index (κ3) is 7.04. The van der Waals surface area contributed by atoms with Gasteiger partial charge in [-0.1, -0.05) is 30.3 Å². The molecule has 2 amide bonds. The highest BCUT2D eigenvalue weighted by molar-refractivity contribution is 7.91. The first-order valence-electron chi connectivity index (χ1n) is 13.7. The molecule has 3 atom stereocenters. The number of benzene rings is 1. The van der Waals surface area contributed by atoms with E-state index in [2.05, 4.69) is 67.8 Å². The van der Waals surface area contributed by atoms with Crippen LogP contribution in [0.15, 0.2) is 54.0 Å². The second-order valence-electron chi connectivity index (χ2n) is 10.5. The van der Waals surface area contributed by atoms with Crippen LogP contribution < -0.4 is 25.8 Å². The molecule has 218 valence electrons. The normalized spacial score (nSPS) is 24.3. The molecule has 3 fully saturated rings. The minimum Gasteiger partial charge on any atom is -0.340 e. The number of nitrogens with zero attached hydrogens (tertiary/aromatic N) is 2. The Morgan fingerprint density at radius 2 is 1.88 bits per heavy atom. The number of nitrogens with one attached hydrogen (secondary N) is 4. The van der Waals surface area contributed by atoms with Crippen molar-refractivity contribution < 1.29 is 18.0 Å². The number of hydrogen-bond donors (Lipinski definition) is 4. The number of H-pyrrole nitrogens is 1. The third-order valence-corrected chi connectivity index (χ3v) is 9.53. The summed E-state index contributed by atoms with van der Waals surface area (Å²) in [6.07, 6.45) is 15.3. The maximum Gasteiger partial charge on any atom is 0.259 e. The molecule has 4 N–H and O–H groups in total. The fourth-order valence-corrected chi connectivity index (χ4v) is 6.49. The molecule has 4 aliphatic rings. The summed E-state index contributed by atoms with van der Waals surface area (Å²) < 4.78 is 26.0. The predicted molar refractivity (Wildman–Crippen MR) is 156 cm³/mol. The summed E-state index contributed by atoms with van der Waals surface area (Å²) in [4.78, 5) is 45.0. The summed E-state index contributed by atoms with van der Waals surface area (Å²) in [7, 11) is -3.62.